The van der Waals surface area contributed by atoms with E-state index in [1.165, 1.54) is 0 Å². The summed E-state index contributed by atoms with van der Waals surface area (Å²) >= 11 is 3.26. The lowest BCUT2D eigenvalue weighted by Crippen LogP contribution is -2.22. The summed E-state index contributed by atoms with van der Waals surface area (Å²) in [5, 5.41) is 5.99. The van der Waals surface area contributed by atoms with E-state index in [2.05, 4.69) is 10.3 Å². The summed E-state index contributed by atoms with van der Waals surface area (Å²) in [6.07, 6.45) is 0.430. The molecule has 3 aromatic rings. The van der Waals surface area contributed by atoms with Gasteiger partial charge in [0, 0.05) is 28.7 Å². The van der Waals surface area contributed by atoms with Crippen LogP contribution >= 0.6 is 22.7 Å². The van der Waals surface area contributed by atoms with E-state index in [9.17, 15) is 9.59 Å². The molecule has 2 heterocycles. The minimum Gasteiger partial charge on any atom is -0.351 e. The highest BCUT2D eigenvalue weighted by Crippen LogP contribution is 2.28. The first-order valence-electron chi connectivity index (χ1n) is 8.81. The van der Waals surface area contributed by atoms with Gasteiger partial charge in [0.15, 0.2) is 5.78 Å². The fourth-order valence-corrected chi connectivity index (χ4v) is 4.35. The number of aryl methyl sites for hydroxylation is 3. The number of aromatic nitrogens is 1. The van der Waals surface area contributed by atoms with Crippen molar-refractivity contribution in [1.82, 2.24) is 10.3 Å². The van der Waals surface area contributed by atoms with E-state index in [4.69, 9.17) is 0 Å². The molecule has 0 aliphatic rings. The summed E-state index contributed by atoms with van der Waals surface area (Å²) in [5.74, 6) is -0.0863. The lowest BCUT2D eigenvalue weighted by Gasteiger charge is -2.07. The Hall–Kier alpha value is -2.31. The molecule has 0 unspecified atom stereocenters. The standard InChI is InChI=1S/C21H22N2O2S2/c1-13-4-5-14(2)17(10-13)19(24)7-9-21(25)22-11-16-6-8-20(27-16)18-12-26-15(3)23-18/h4-6,8,10,12H,7,9,11H2,1-3H3,(H,22,25). The van der Waals surface area contributed by atoms with E-state index in [1.807, 2.05) is 56.5 Å². The molecule has 1 N–H and O–H groups in total. The van der Waals surface area contributed by atoms with Gasteiger partial charge in [-0.05, 0) is 44.5 Å². The van der Waals surface area contributed by atoms with Crippen molar-refractivity contribution in [2.24, 2.45) is 0 Å². The topological polar surface area (TPSA) is 59.1 Å². The van der Waals surface area contributed by atoms with Gasteiger partial charge in [0.05, 0.1) is 22.1 Å². The fraction of sp³-hybridized carbons (Fsp3) is 0.286. The maximum absolute atomic E-state index is 12.4. The first-order valence-corrected chi connectivity index (χ1v) is 10.5. The highest BCUT2D eigenvalue weighted by Gasteiger charge is 2.12. The fourth-order valence-electron chi connectivity index (χ4n) is 2.76. The lowest BCUT2D eigenvalue weighted by atomic mass is 9.99. The van der Waals surface area contributed by atoms with Gasteiger partial charge in [-0.25, -0.2) is 4.98 Å². The van der Waals surface area contributed by atoms with Crippen molar-refractivity contribution in [2.75, 3.05) is 0 Å². The smallest absolute Gasteiger partial charge is 0.220 e. The summed E-state index contributed by atoms with van der Waals surface area (Å²) in [4.78, 5) is 31.2. The number of thiazole rings is 1. The van der Waals surface area contributed by atoms with Crippen molar-refractivity contribution in [2.45, 2.75) is 40.2 Å². The number of nitrogens with one attached hydrogen (secondary N) is 1. The summed E-state index contributed by atoms with van der Waals surface area (Å²) in [7, 11) is 0. The molecule has 0 spiro atoms. The third-order valence-corrected chi connectivity index (χ3v) is 6.15. The van der Waals surface area contributed by atoms with Crippen LogP contribution in [0.1, 0.15) is 44.2 Å². The Morgan fingerprint density at radius 1 is 1.07 bits per heavy atom. The van der Waals surface area contributed by atoms with Gasteiger partial charge in [-0.1, -0.05) is 17.7 Å². The average Bonchev–Trinajstić information content (AvgIpc) is 3.28. The van der Waals surface area contributed by atoms with Crippen molar-refractivity contribution in [3.05, 3.63) is 62.3 Å². The number of carbonyl (C=O) groups excluding carboxylic acids is 2. The second-order valence-corrected chi connectivity index (χ2v) is 8.77. The third-order valence-electron chi connectivity index (χ3n) is 4.27. The van der Waals surface area contributed by atoms with Crippen LogP contribution in [-0.4, -0.2) is 16.7 Å². The highest BCUT2D eigenvalue weighted by molar-refractivity contribution is 7.16. The predicted octanol–water partition coefficient (Wildman–Crippen LogP) is 5.08. The van der Waals surface area contributed by atoms with Gasteiger partial charge >= 0.3 is 0 Å². The molecule has 0 saturated heterocycles. The van der Waals surface area contributed by atoms with Crippen LogP contribution in [0.5, 0.6) is 0 Å². The molecule has 0 bridgehead atoms. The summed E-state index contributed by atoms with van der Waals surface area (Å²) in [6, 6.07) is 9.87. The molecule has 0 saturated carbocycles. The zero-order chi connectivity index (χ0) is 19.4. The van der Waals surface area contributed by atoms with Crippen LogP contribution in [0, 0.1) is 20.8 Å². The lowest BCUT2D eigenvalue weighted by molar-refractivity contribution is -0.121. The van der Waals surface area contributed by atoms with E-state index >= 15 is 0 Å². The average molecular weight is 399 g/mol. The first-order chi connectivity index (χ1) is 12.9. The number of thiophene rings is 1. The molecule has 0 aliphatic heterocycles. The van der Waals surface area contributed by atoms with Crippen LogP contribution < -0.4 is 5.32 Å². The molecule has 3 rings (SSSR count). The minimum atomic E-state index is -0.104. The molecule has 0 atom stereocenters. The van der Waals surface area contributed by atoms with Gasteiger partial charge in [-0.3, -0.25) is 9.59 Å². The Labute approximate surface area is 167 Å². The normalized spacial score (nSPS) is 10.8. The Balaban J connectivity index is 1.49. The SMILES string of the molecule is Cc1ccc(C)c(C(=O)CCC(=O)NCc2ccc(-c3csc(C)n3)s2)c1. The third kappa shape index (κ3) is 5.11. The van der Waals surface area contributed by atoms with Crippen molar-refractivity contribution in [1.29, 1.82) is 0 Å². The van der Waals surface area contributed by atoms with Gasteiger partial charge < -0.3 is 5.32 Å². The van der Waals surface area contributed by atoms with Gasteiger partial charge in [0.1, 0.15) is 0 Å². The summed E-state index contributed by atoms with van der Waals surface area (Å²) < 4.78 is 0. The number of hydrogen-bond acceptors (Lipinski definition) is 5. The maximum Gasteiger partial charge on any atom is 0.220 e. The van der Waals surface area contributed by atoms with Crippen molar-refractivity contribution in [3.63, 3.8) is 0 Å². The van der Waals surface area contributed by atoms with Gasteiger partial charge in [-0.15, -0.1) is 22.7 Å². The maximum atomic E-state index is 12.4. The van der Waals surface area contributed by atoms with Crippen LogP contribution in [0.4, 0.5) is 0 Å². The number of hydrogen-bond donors (Lipinski definition) is 1. The Morgan fingerprint density at radius 2 is 1.89 bits per heavy atom. The summed E-state index contributed by atoms with van der Waals surface area (Å²) in [6.45, 7) is 6.35. The van der Waals surface area contributed by atoms with E-state index in [0.29, 0.717) is 12.1 Å². The second kappa shape index (κ2) is 8.59. The molecule has 2 aromatic heterocycles. The zero-order valence-corrected chi connectivity index (χ0v) is 17.3. The Morgan fingerprint density at radius 3 is 2.63 bits per heavy atom. The van der Waals surface area contributed by atoms with Gasteiger partial charge in [-0.2, -0.15) is 0 Å². The quantitative estimate of drug-likeness (QED) is 0.565. The Bertz CT molecular complexity index is 972. The molecule has 27 heavy (non-hydrogen) atoms. The van der Waals surface area contributed by atoms with Gasteiger partial charge in [0.25, 0.3) is 0 Å². The van der Waals surface area contributed by atoms with Crippen LogP contribution in [0.2, 0.25) is 0 Å². The van der Waals surface area contributed by atoms with E-state index in [0.717, 1.165) is 31.6 Å². The van der Waals surface area contributed by atoms with Crippen molar-refractivity contribution >= 4 is 34.4 Å². The molecule has 1 aromatic carbocycles. The van der Waals surface area contributed by atoms with Crippen molar-refractivity contribution in [3.8, 4) is 10.6 Å². The molecule has 140 valence electrons. The van der Waals surface area contributed by atoms with Crippen LogP contribution in [0.15, 0.2) is 35.7 Å². The largest absolute Gasteiger partial charge is 0.351 e. The van der Waals surface area contributed by atoms with Crippen LogP contribution in [0.25, 0.3) is 10.6 Å². The number of nitrogens with zero attached hydrogens (tertiary/aromatic N) is 1. The minimum absolute atomic E-state index is 0.0173. The summed E-state index contributed by atoms with van der Waals surface area (Å²) in [5.41, 5.74) is 3.70. The molecule has 4 nitrogen and oxygen atoms in total. The van der Waals surface area contributed by atoms with Gasteiger partial charge in [0.2, 0.25) is 5.91 Å². The van der Waals surface area contributed by atoms with E-state index < -0.39 is 0 Å². The number of rotatable bonds is 7. The number of ketones is 1. The van der Waals surface area contributed by atoms with Crippen LogP contribution in [0.3, 0.4) is 0 Å². The number of Topliss-reactive ketones (excluding diaryl/α,β-unsaturated/α-hetero) is 1. The predicted molar refractivity (Wildman–Crippen MR) is 111 cm³/mol. The number of amides is 1. The zero-order valence-electron chi connectivity index (χ0n) is 15.7. The molecule has 0 aliphatic carbocycles. The molecule has 0 radical (unpaired) electrons. The van der Waals surface area contributed by atoms with Crippen LogP contribution in [-0.2, 0) is 11.3 Å². The van der Waals surface area contributed by atoms with E-state index in [-0.39, 0.29) is 24.5 Å². The Kier molecular flexibility index (Phi) is 6.19. The van der Waals surface area contributed by atoms with E-state index in [1.54, 1.807) is 22.7 Å². The highest BCUT2D eigenvalue weighted by atomic mass is 32.1. The monoisotopic (exact) mass is 398 g/mol. The molecule has 1 amide bonds. The first kappa shape index (κ1) is 19.5. The number of carbonyl (C=O) groups is 2. The molecule has 0 fully saturated rings. The molecule has 6 heteroatoms. The molecular weight excluding hydrogens is 376 g/mol. The number of benzene rings is 1. The molecular formula is C21H22N2O2S2. The second-order valence-electron chi connectivity index (χ2n) is 6.54. The van der Waals surface area contributed by atoms with Crippen molar-refractivity contribution < 1.29 is 9.59 Å².